The van der Waals surface area contributed by atoms with Gasteiger partial charge in [-0.3, -0.25) is 0 Å². The maximum Gasteiger partial charge on any atom is 0.187 e. The van der Waals surface area contributed by atoms with E-state index >= 15 is 0 Å². The molecule has 0 aliphatic heterocycles. The van der Waals surface area contributed by atoms with Gasteiger partial charge in [-0.2, -0.15) is 0 Å². The zero-order valence-corrected chi connectivity index (χ0v) is 12.9. The van der Waals surface area contributed by atoms with Crippen molar-refractivity contribution in [3.8, 4) is 11.3 Å². The zero-order valence-electron chi connectivity index (χ0n) is 12.1. The molecule has 0 amide bonds. The number of nitrogen functional groups attached to an aromatic ring is 1. The molecular formula is C17H17N3S. The number of aromatic nitrogens is 1. The predicted molar refractivity (Wildman–Crippen MR) is 91.2 cm³/mol. The van der Waals surface area contributed by atoms with Crippen molar-refractivity contribution < 1.29 is 0 Å². The van der Waals surface area contributed by atoms with Crippen LogP contribution in [0, 0.1) is 13.8 Å². The number of anilines is 3. The fourth-order valence-electron chi connectivity index (χ4n) is 2.12. The minimum atomic E-state index is 0.766. The lowest BCUT2D eigenvalue weighted by molar-refractivity contribution is 1.31. The van der Waals surface area contributed by atoms with Crippen LogP contribution in [0.3, 0.4) is 0 Å². The number of benzene rings is 2. The standard InChI is InChI=1S/C17H17N3S/c1-11-4-3-5-15(12(11)2)19-17-20-16(10-21-17)13-6-8-14(18)9-7-13/h3-10H,18H2,1-2H3,(H,19,20). The van der Waals surface area contributed by atoms with Crippen molar-refractivity contribution in [3.63, 3.8) is 0 Å². The quantitative estimate of drug-likeness (QED) is 0.685. The van der Waals surface area contributed by atoms with Crippen LogP contribution in [0.15, 0.2) is 47.8 Å². The molecule has 1 heterocycles. The summed E-state index contributed by atoms with van der Waals surface area (Å²) in [7, 11) is 0. The van der Waals surface area contributed by atoms with E-state index in [-0.39, 0.29) is 0 Å². The molecule has 0 spiro atoms. The molecule has 21 heavy (non-hydrogen) atoms. The van der Waals surface area contributed by atoms with Crippen LogP contribution in [-0.2, 0) is 0 Å². The van der Waals surface area contributed by atoms with Gasteiger partial charge in [0.1, 0.15) is 0 Å². The smallest absolute Gasteiger partial charge is 0.187 e. The summed E-state index contributed by atoms with van der Waals surface area (Å²) in [5.41, 5.74) is 12.2. The van der Waals surface area contributed by atoms with Crippen molar-refractivity contribution >= 4 is 27.8 Å². The van der Waals surface area contributed by atoms with E-state index in [2.05, 4.69) is 47.7 Å². The van der Waals surface area contributed by atoms with E-state index in [0.29, 0.717) is 0 Å². The number of thiazole rings is 1. The van der Waals surface area contributed by atoms with E-state index in [9.17, 15) is 0 Å². The maximum absolute atomic E-state index is 5.71. The first-order valence-corrected chi connectivity index (χ1v) is 7.66. The van der Waals surface area contributed by atoms with Gasteiger partial charge < -0.3 is 11.1 Å². The van der Waals surface area contributed by atoms with Crippen LogP contribution in [0.1, 0.15) is 11.1 Å². The highest BCUT2D eigenvalue weighted by Crippen LogP contribution is 2.29. The zero-order chi connectivity index (χ0) is 14.8. The van der Waals surface area contributed by atoms with Crippen LogP contribution in [0.4, 0.5) is 16.5 Å². The minimum Gasteiger partial charge on any atom is -0.399 e. The third kappa shape index (κ3) is 2.90. The molecule has 0 unspecified atom stereocenters. The Morgan fingerprint density at radius 1 is 1.05 bits per heavy atom. The summed E-state index contributed by atoms with van der Waals surface area (Å²) in [4.78, 5) is 4.64. The highest BCUT2D eigenvalue weighted by molar-refractivity contribution is 7.14. The van der Waals surface area contributed by atoms with Gasteiger partial charge in [0.05, 0.1) is 5.69 Å². The summed E-state index contributed by atoms with van der Waals surface area (Å²) >= 11 is 1.60. The molecule has 0 atom stereocenters. The number of aryl methyl sites for hydroxylation is 1. The van der Waals surface area contributed by atoms with Crippen LogP contribution in [-0.4, -0.2) is 4.98 Å². The van der Waals surface area contributed by atoms with Crippen molar-refractivity contribution in [3.05, 3.63) is 59.0 Å². The predicted octanol–water partition coefficient (Wildman–Crippen LogP) is 4.75. The lowest BCUT2D eigenvalue weighted by atomic mass is 10.1. The number of hydrogen-bond donors (Lipinski definition) is 2. The molecule has 0 radical (unpaired) electrons. The second-order valence-electron chi connectivity index (χ2n) is 5.03. The highest BCUT2D eigenvalue weighted by atomic mass is 32.1. The molecule has 0 bridgehead atoms. The Balaban J connectivity index is 1.85. The van der Waals surface area contributed by atoms with Crippen molar-refractivity contribution in [2.45, 2.75) is 13.8 Å². The fraction of sp³-hybridized carbons (Fsp3) is 0.118. The number of nitrogens with two attached hydrogens (primary N) is 1. The molecule has 1 aromatic heterocycles. The van der Waals surface area contributed by atoms with Gasteiger partial charge in [-0.15, -0.1) is 11.3 Å². The molecule has 0 aliphatic rings. The third-order valence-corrected chi connectivity index (χ3v) is 4.31. The van der Waals surface area contributed by atoms with Crippen LogP contribution in [0.25, 0.3) is 11.3 Å². The SMILES string of the molecule is Cc1cccc(Nc2nc(-c3ccc(N)cc3)cs2)c1C. The van der Waals surface area contributed by atoms with Crippen molar-refractivity contribution in [1.82, 2.24) is 4.98 Å². The Morgan fingerprint density at radius 2 is 1.81 bits per heavy atom. The molecule has 3 nitrogen and oxygen atoms in total. The topological polar surface area (TPSA) is 50.9 Å². The van der Waals surface area contributed by atoms with Gasteiger partial charge in [0.2, 0.25) is 0 Å². The second kappa shape index (κ2) is 5.58. The molecule has 0 fully saturated rings. The summed E-state index contributed by atoms with van der Waals surface area (Å²) in [5.74, 6) is 0. The summed E-state index contributed by atoms with van der Waals surface area (Å²) < 4.78 is 0. The lowest BCUT2D eigenvalue weighted by Crippen LogP contribution is -1.94. The van der Waals surface area contributed by atoms with E-state index in [1.165, 1.54) is 11.1 Å². The maximum atomic E-state index is 5.71. The number of rotatable bonds is 3. The monoisotopic (exact) mass is 295 g/mol. The first-order chi connectivity index (χ1) is 10.1. The Hall–Kier alpha value is -2.33. The molecule has 3 N–H and O–H groups in total. The Kier molecular flexibility index (Phi) is 3.62. The molecule has 2 aromatic carbocycles. The van der Waals surface area contributed by atoms with Crippen LogP contribution in [0.2, 0.25) is 0 Å². The number of nitrogens with zero attached hydrogens (tertiary/aromatic N) is 1. The molecular weight excluding hydrogens is 278 g/mol. The van der Waals surface area contributed by atoms with E-state index in [1.54, 1.807) is 11.3 Å². The Morgan fingerprint density at radius 3 is 2.57 bits per heavy atom. The molecule has 0 saturated carbocycles. The normalized spacial score (nSPS) is 10.6. The van der Waals surface area contributed by atoms with Gasteiger partial charge in [0.15, 0.2) is 5.13 Å². The number of nitrogens with one attached hydrogen (secondary N) is 1. The van der Waals surface area contributed by atoms with Gasteiger partial charge in [-0.25, -0.2) is 4.98 Å². The van der Waals surface area contributed by atoms with Crippen LogP contribution < -0.4 is 11.1 Å². The minimum absolute atomic E-state index is 0.766. The molecule has 0 aliphatic carbocycles. The summed E-state index contributed by atoms with van der Waals surface area (Å²) in [6, 6.07) is 14.0. The lowest BCUT2D eigenvalue weighted by Gasteiger charge is -2.08. The molecule has 106 valence electrons. The summed E-state index contributed by atoms with van der Waals surface area (Å²) in [6.45, 7) is 4.23. The Bertz CT molecular complexity index is 760. The van der Waals surface area contributed by atoms with E-state index < -0.39 is 0 Å². The van der Waals surface area contributed by atoms with Crippen LogP contribution in [0.5, 0.6) is 0 Å². The largest absolute Gasteiger partial charge is 0.399 e. The average Bonchev–Trinajstić information content (AvgIpc) is 2.93. The fourth-order valence-corrected chi connectivity index (χ4v) is 2.85. The Labute approximate surface area is 128 Å². The highest BCUT2D eigenvalue weighted by Gasteiger charge is 2.06. The molecule has 3 rings (SSSR count). The van der Waals surface area contributed by atoms with Gasteiger partial charge in [0, 0.05) is 22.3 Å². The van der Waals surface area contributed by atoms with Crippen molar-refractivity contribution in [2.75, 3.05) is 11.1 Å². The summed E-state index contributed by atoms with van der Waals surface area (Å²) in [6.07, 6.45) is 0. The molecule has 3 aromatic rings. The molecule has 4 heteroatoms. The third-order valence-electron chi connectivity index (χ3n) is 3.56. The van der Waals surface area contributed by atoms with Crippen molar-refractivity contribution in [1.29, 1.82) is 0 Å². The van der Waals surface area contributed by atoms with Gasteiger partial charge in [-0.05, 0) is 43.2 Å². The first kappa shape index (κ1) is 13.6. The van der Waals surface area contributed by atoms with E-state index in [4.69, 9.17) is 5.73 Å². The van der Waals surface area contributed by atoms with Gasteiger partial charge >= 0.3 is 0 Å². The van der Waals surface area contributed by atoms with Gasteiger partial charge in [-0.1, -0.05) is 24.3 Å². The van der Waals surface area contributed by atoms with Crippen molar-refractivity contribution in [2.24, 2.45) is 0 Å². The number of hydrogen-bond acceptors (Lipinski definition) is 4. The first-order valence-electron chi connectivity index (χ1n) is 6.78. The average molecular weight is 295 g/mol. The van der Waals surface area contributed by atoms with Crippen LogP contribution >= 0.6 is 11.3 Å². The molecule has 0 saturated heterocycles. The summed E-state index contributed by atoms with van der Waals surface area (Å²) in [5, 5.41) is 6.35. The van der Waals surface area contributed by atoms with E-state index in [0.717, 1.165) is 27.8 Å². The van der Waals surface area contributed by atoms with E-state index in [1.807, 2.05) is 24.3 Å². The second-order valence-corrected chi connectivity index (χ2v) is 5.89. The van der Waals surface area contributed by atoms with Gasteiger partial charge in [0.25, 0.3) is 0 Å².